The Kier molecular flexibility index (Phi) is 3.91. The summed E-state index contributed by atoms with van der Waals surface area (Å²) >= 11 is 0. The minimum Gasteiger partial charge on any atom is -0.344 e. The lowest BCUT2D eigenvalue weighted by atomic mass is 10.0. The van der Waals surface area contributed by atoms with Crippen molar-refractivity contribution in [3.8, 4) is 0 Å². The van der Waals surface area contributed by atoms with Gasteiger partial charge in [-0.05, 0) is 30.5 Å². The number of carbonyl (C=O) groups excluding carboxylic acids is 1. The molecule has 0 aliphatic carbocycles. The van der Waals surface area contributed by atoms with E-state index in [-0.39, 0.29) is 11.9 Å². The Morgan fingerprint density at radius 2 is 1.92 bits per heavy atom. The second-order valence-electron chi connectivity index (χ2n) is 6.19. The number of aromatic nitrogens is 2. The van der Waals surface area contributed by atoms with Gasteiger partial charge in [0.25, 0.3) is 0 Å². The molecule has 0 spiro atoms. The molecule has 5 nitrogen and oxygen atoms in total. The first-order chi connectivity index (χ1) is 11.8. The molecule has 0 radical (unpaired) electrons. The Bertz CT molecular complexity index is 810. The summed E-state index contributed by atoms with van der Waals surface area (Å²) in [5.41, 5.74) is 3.05. The average Bonchev–Trinajstić information content (AvgIpc) is 3.02. The van der Waals surface area contributed by atoms with E-state index in [9.17, 15) is 4.79 Å². The number of nitrogens with zero attached hydrogens (tertiary/aromatic N) is 2. The van der Waals surface area contributed by atoms with Crippen LogP contribution < -0.4 is 5.32 Å². The summed E-state index contributed by atoms with van der Waals surface area (Å²) in [6, 6.07) is 17.8. The van der Waals surface area contributed by atoms with Crippen LogP contribution in [0.15, 0.2) is 54.6 Å². The monoisotopic (exact) mass is 320 g/mol. The van der Waals surface area contributed by atoms with Crippen LogP contribution in [0.4, 0.5) is 5.95 Å². The van der Waals surface area contributed by atoms with Gasteiger partial charge in [-0.3, -0.25) is 4.79 Å². The molecule has 0 saturated carbocycles. The maximum absolute atomic E-state index is 12.8. The molecule has 1 saturated heterocycles. The Morgan fingerprint density at radius 1 is 1.12 bits per heavy atom. The van der Waals surface area contributed by atoms with E-state index in [0.29, 0.717) is 12.5 Å². The third-order valence-electron chi connectivity index (χ3n) is 4.45. The van der Waals surface area contributed by atoms with Crippen molar-refractivity contribution in [1.29, 1.82) is 0 Å². The Balaban J connectivity index is 1.47. The van der Waals surface area contributed by atoms with Gasteiger partial charge >= 0.3 is 0 Å². The highest BCUT2D eigenvalue weighted by Gasteiger charge is 2.29. The maximum atomic E-state index is 12.8. The summed E-state index contributed by atoms with van der Waals surface area (Å²) in [6.45, 7) is 1.48. The number of piperidine rings is 1. The van der Waals surface area contributed by atoms with E-state index >= 15 is 0 Å². The highest BCUT2D eigenvalue weighted by molar-refractivity contribution is 5.86. The number of anilines is 1. The molecule has 0 bridgehead atoms. The molecular formula is C19H20N4O. The fraction of sp³-hybridized carbons (Fsp3) is 0.263. The Hall–Kier alpha value is -2.82. The zero-order chi connectivity index (χ0) is 16.4. The van der Waals surface area contributed by atoms with Crippen LogP contribution in [-0.4, -0.2) is 33.4 Å². The smallest absolute Gasteiger partial charge is 0.245 e. The summed E-state index contributed by atoms with van der Waals surface area (Å²) < 4.78 is 0. The first kappa shape index (κ1) is 14.8. The van der Waals surface area contributed by atoms with Crippen molar-refractivity contribution in [2.24, 2.45) is 0 Å². The number of aromatic amines is 1. The summed E-state index contributed by atoms with van der Waals surface area (Å²) in [5, 5.41) is 3.28. The molecule has 122 valence electrons. The van der Waals surface area contributed by atoms with Gasteiger partial charge < -0.3 is 15.2 Å². The molecule has 2 N–H and O–H groups in total. The summed E-state index contributed by atoms with van der Waals surface area (Å²) in [7, 11) is 0. The highest BCUT2D eigenvalue weighted by atomic mass is 16.2. The fourth-order valence-electron chi connectivity index (χ4n) is 3.22. The van der Waals surface area contributed by atoms with Crippen molar-refractivity contribution in [1.82, 2.24) is 14.9 Å². The lowest BCUT2D eigenvalue weighted by Gasteiger charge is -2.32. The summed E-state index contributed by atoms with van der Waals surface area (Å²) in [4.78, 5) is 22.4. The SMILES string of the molecule is O=C1C(Nc2nc3ccccc3[nH]2)CCCN1Cc1ccccc1. The lowest BCUT2D eigenvalue weighted by Crippen LogP contribution is -2.47. The van der Waals surface area contributed by atoms with Crippen molar-refractivity contribution >= 4 is 22.9 Å². The molecule has 4 rings (SSSR count). The van der Waals surface area contributed by atoms with E-state index in [1.807, 2.05) is 47.4 Å². The largest absolute Gasteiger partial charge is 0.344 e. The zero-order valence-electron chi connectivity index (χ0n) is 13.4. The topological polar surface area (TPSA) is 61.0 Å². The third kappa shape index (κ3) is 2.97. The van der Waals surface area contributed by atoms with Gasteiger partial charge in [0.15, 0.2) is 0 Å². The van der Waals surface area contributed by atoms with Gasteiger partial charge in [0, 0.05) is 13.1 Å². The zero-order valence-corrected chi connectivity index (χ0v) is 13.4. The quantitative estimate of drug-likeness (QED) is 0.776. The van der Waals surface area contributed by atoms with E-state index < -0.39 is 0 Å². The van der Waals surface area contributed by atoms with Gasteiger partial charge in [0.2, 0.25) is 11.9 Å². The number of carbonyl (C=O) groups is 1. The summed E-state index contributed by atoms with van der Waals surface area (Å²) in [6.07, 6.45) is 1.83. The van der Waals surface area contributed by atoms with Crippen LogP contribution in [0, 0.1) is 0 Å². The molecule has 2 heterocycles. The normalized spacial score (nSPS) is 18.1. The van der Waals surface area contributed by atoms with Gasteiger partial charge in [-0.25, -0.2) is 4.98 Å². The maximum Gasteiger partial charge on any atom is 0.245 e. The van der Waals surface area contributed by atoms with Crippen LogP contribution >= 0.6 is 0 Å². The highest BCUT2D eigenvalue weighted by Crippen LogP contribution is 2.20. The molecule has 1 unspecified atom stereocenters. The fourth-order valence-corrected chi connectivity index (χ4v) is 3.22. The number of hydrogen-bond acceptors (Lipinski definition) is 3. The minimum absolute atomic E-state index is 0.144. The first-order valence-electron chi connectivity index (χ1n) is 8.33. The van der Waals surface area contributed by atoms with Gasteiger partial charge in [-0.2, -0.15) is 0 Å². The van der Waals surface area contributed by atoms with Crippen LogP contribution in [0.5, 0.6) is 0 Å². The number of nitrogens with one attached hydrogen (secondary N) is 2. The molecule has 2 aromatic carbocycles. The molecule has 1 aromatic heterocycles. The lowest BCUT2D eigenvalue weighted by molar-refractivity contribution is -0.134. The van der Waals surface area contributed by atoms with Crippen LogP contribution in [0.3, 0.4) is 0 Å². The van der Waals surface area contributed by atoms with Gasteiger partial charge in [0.1, 0.15) is 6.04 Å². The van der Waals surface area contributed by atoms with Crippen LogP contribution in [0.1, 0.15) is 18.4 Å². The van der Waals surface area contributed by atoms with Crippen molar-refractivity contribution in [2.45, 2.75) is 25.4 Å². The number of likely N-dealkylation sites (tertiary alicyclic amines) is 1. The Labute approximate surface area is 140 Å². The molecule has 3 aromatic rings. The molecular weight excluding hydrogens is 300 g/mol. The van der Waals surface area contributed by atoms with Crippen LogP contribution in [-0.2, 0) is 11.3 Å². The van der Waals surface area contributed by atoms with Gasteiger partial charge in [0.05, 0.1) is 11.0 Å². The third-order valence-corrected chi connectivity index (χ3v) is 4.45. The predicted molar refractivity (Wildman–Crippen MR) is 94.6 cm³/mol. The number of fused-ring (bicyclic) bond motifs is 1. The van der Waals surface area contributed by atoms with Gasteiger partial charge in [-0.1, -0.05) is 42.5 Å². The number of para-hydroxylation sites is 2. The predicted octanol–water partition coefficient (Wildman–Crippen LogP) is 3.17. The van der Waals surface area contributed by atoms with Crippen molar-refractivity contribution in [3.05, 3.63) is 60.2 Å². The van der Waals surface area contributed by atoms with Crippen molar-refractivity contribution in [2.75, 3.05) is 11.9 Å². The second kappa shape index (κ2) is 6.35. The minimum atomic E-state index is -0.219. The average molecular weight is 320 g/mol. The van der Waals surface area contributed by atoms with Crippen LogP contribution in [0.2, 0.25) is 0 Å². The standard InChI is InChI=1S/C19H20N4O/c24-18-17(22-19-20-15-9-4-5-10-16(15)21-19)11-6-12-23(18)13-14-7-2-1-3-8-14/h1-5,7-10,17H,6,11-13H2,(H2,20,21,22). The molecule has 1 aliphatic rings. The van der Waals surface area contributed by atoms with E-state index in [1.54, 1.807) is 0 Å². The molecule has 1 atom stereocenters. The number of amides is 1. The molecule has 1 aliphatic heterocycles. The molecule has 5 heteroatoms. The number of imidazole rings is 1. The number of hydrogen-bond donors (Lipinski definition) is 2. The molecule has 24 heavy (non-hydrogen) atoms. The number of H-pyrrole nitrogens is 1. The van der Waals surface area contributed by atoms with Crippen molar-refractivity contribution < 1.29 is 4.79 Å². The van der Waals surface area contributed by atoms with E-state index in [4.69, 9.17) is 0 Å². The Morgan fingerprint density at radius 3 is 2.75 bits per heavy atom. The second-order valence-corrected chi connectivity index (χ2v) is 6.19. The molecule has 1 fully saturated rings. The van der Waals surface area contributed by atoms with E-state index in [1.165, 1.54) is 0 Å². The van der Waals surface area contributed by atoms with Crippen molar-refractivity contribution in [3.63, 3.8) is 0 Å². The van der Waals surface area contributed by atoms with Gasteiger partial charge in [-0.15, -0.1) is 0 Å². The van der Waals surface area contributed by atoms with E-state index in [0.717, 1.165) is 36.0 Å². The first-order valence-corrected chi connectivity index (χ1v) is 8.33. The summed E-state index contributed by atoms with van der Waals surface area (Å²) in [5.74, 6) is 0.807. The molecule has 1 amide bonds. The number of rotatable bonds is 4. The van der Waals surface area contributed by atoms with Crippen LogP contribution in [0.25, 0.3) is 11.0 Å². The number of benzene rings is 2. The van der Waals surface area contributed by atoms with E-state index in [2.05, 4.69) is 27.4 Å².